The number of rotatable bonds is 8. The standard InChI is InChI=1S/C19H30N4O5S.ClH/c1-10-11(2)16(12(3)13-9-19(4,5)28-15(10)13)29(26,27)23-14(17(24)25)7-6-8-22-18(20)21;/h14,23H,6-9H2,1-5H3,(H,24,25)(H4,20,21,22);1H/t14-;/m0./s1. The Morgan fingerprint density at radius 2 is 1.83 bits per heavy atom. The Kier molecular flexibility index (Phi) is 8.15. The second kappa shape index (κ2) is 9.40. The number of benzene rings is 1. The first-order valence-electron chi connectivity index (χ1n) is 9.39. The van der Waals surface area contributed by atoms with E-state index in [4.69, 9.17) is 16.2 Å². The largest absolute Gasteiger partial charge is 0.487 e. The van der Waals surface area contributed by atoms with Crippen molar-refractivity contribution in [2.24, 2.45) is 16.5 Å². The lowest BCUT2D eigenvalue weighted by molar-refractivity contribution is -0.139. The van der Waals surface area contributed by atoms with E-state index >= 15 is 0 Å². The molecule has 0 saturated heterocycles. The van der Waals surface area contributed by atoms with Crippen molar-refractivity contribution in [1.82, 2.24) is 4.72 Å². The maximum absolute atomic E-state index is 13.2. The maximum Gasteiger partial charge on any atom is 0.321 e. The van der Waals surface area contributed by atoms with Gasteiger partial charge < -0.3 is 21.3 Å². The molecule has 0 saturated carbocycles. The lowest BCUT2D eigenvalue weighted by atomic mass is 9.94. The highest BCUT2D eigenvalue weighted by molar-refractivity contribution is 7.89. The minimum Gasteiger partial charge on any atom is -0.487 e. The fourth-order valence-electron chi connectivity index (χ4n) is 3.63. The van der Waals surface area contributed by atoms with Gasteiger partial charge in [-0.3, -0.25) is 9.79 Å². The van der Waals surface area contributed by atoms with Crippen LogP contribution < -0.4 is 20.9 Å². The molecule has 11 heteroatoms. The number of ether oxygens (including phenoxy) is 1. The zero-order chi connectivity index (χ0) is 22.1. The van der Waals surface area contributed by atoms with Crippen LogP contribution in [-0.2, 0) is 21.2 Å². The third-order valence-electron chi connectivity index (χ3n) is 5.10. The maximum atomic E-state index is 13.2. The molecule has 30 heavy (non-hydrogen) atoms. The summed E-state index contributed by atoms with van der Waals surface area (Å²) in [5, 5.41) is 9.48. The van der Waals surface area contributed by atoms with Gasteiger partial charge in [0.1, 0.15) is 17.4 Å². The number of carbonyl (C=O) groups is 1. The Morgan fingerprint density at radius 3 is 2.37 bits per heavy atom. The van der Waals surface area contributed by atoms with Crippen LogP contribution >= 0.6 is 12.4 Å². The van der Waals surface area contributed by atoms with Gasteiger partial charge >= 0.3 is 5.97 Å². The van der Waals surface area contributed by atoms with Crippen LogP contribution in [0.1, 0.15) is 48.9 Å². The Balaban J connectivity index is 0.00000450. The Bertz CT molecular complexity index is 956. The van der Waals surface area contributed by atoms with Gasteiger partial charge in [0, 0.05) is 18.5 Å². The van der Waals surface area contributed by atoms with Crippen molar-refractivity contribution in [3.05, 3.63) is 22.3 Å². The van der Waals surface area contributed by atoms with Gasteiger partial charge in [-0.1, -0.05) is 0 Å². The molecular formula is C19H31ClN4O5S. The lowest BCUT2D eigenvalue weighted by Crippen LogP contribution is -2.41. The molecule has 0 amide bonds. The molecule has 1 heterocycles. The van der Waals surface area contributed by atoms with Crippen LogP contribution in [0.25, 0.3) is 0 Å². The number of hydrogen-bond acceptors (Lipinski definition) is 5. The third-order valence-corrected chi connectivity index (χ3v) is 6.85. The molecular weight excluding hydrogens is 432 g/mol. The average molecular weight is 463 g/mol. The van der Waals surface area contributed by atoms with E-state index in [1.54, 1.807) is 13.8 Å². The molecule has 0 bridgehead atoms. The number of hydrogen-bond donors (Lipinski definition) is 4. The molecule has 1 aromatic rings. The van der Waals surface area contributed by atoms with Gasteiger partial charge in [0.25, 0.3) is 0 Å². The average Bonchev–Trinajstić information content (AvgIpc) is 2.91. The van der Waals surface area contributed by atoms with E-state index in [0.29, 0.717) is 24.0 Å². The van der Waals surface area contributed by atoms with E-state index in [1.807, 2.05) is 20.8 Å². The Labute approximate surface area is 183 Å². The summed E-state index contributed by atoms with van der Waals surface area (Å²) in [6.07, 6.45) is 0.961. The smallest absolute Gasteiger partial charge is 0.321 e. The van der Waals surface area contributed by atoms with E-state index in [-0.39, 0.29) is 36.2 Å². The van der Waals surface area contributed by atoms with Crippen LogP contribution in [0.15, 0.2) is 9.89 Å². The van der Waals surface area contributed by atoms with E-state index < -0.39 is 27.6 Å². The predicted molar refractivity (Wildman–Crippen MR) is 118 cm³/mol. The number of carboxylic acids is 1. The predicted octanol–water partition coefficient (Wildman–Crippen LogP) is 1.53. The highest BCUT2D eigenvalue weighted by Crippen LogP contribution is 2.43. The van der Waals surface area contributed by atoms with Gasteiger partial charge in [0.2, 0.25) is 10.0 Å². The fourth-order valence-corrected chi connectivity index (χ4v) is 5.42. The van der Waals surface area contributed by atoms with Crippen LogP contribution in [0.5, 0.6) is 5.75 Å². The Morgan fingerprint density at radius 1 is 1.23 bits per heavy atom. The molecule has 2 rings (SSSR count). The molecule has 0 radical (unpaired) electrons. The molecule has 6 N–H and O–H groups in total. The molecule has 170 valence electrons. The van der Waals surface area contributed by atoms with Crippen LogP contribution in [0.3, 0.4) is 0 Å². The highest BCUT2D eigenvalue weighted by Gasteiger charge is 2.37. The van der Waals surface area contributed by atoms with Crippen molar-refractivity contribution in [1.29, 1.82) is 0 Å². The zero-order valence-corrected chi connectivity index (χ0v) is 19.5. The minimum atomic E-state index is -4.07. The number of fused-ring (bicyclic) bond motifs is 1. The van der Waals surface area contributed by atoms with Gasteiger partial charge in [0.15, 0.2) is 5.96 Å². The molecule has 1 aromatic carbocycles. The number of halogens is 1. The summed E-state index contributed by atoms with van der Waals surface area (Å²) >= 11 is 0. The van der Waals surface area contributed by atoms with Gasteiger partial charge in [-0.2, -0.15) is 4.72 Å². The summed E-state index contributed by atoms with van der Waals surface area (Å²) in [5.74, 6) is -0.630. The SMILES string of the molecule is Cc1c(C)c(S(=O)(=O)N[C@@H](CCCN=C(N)N)C(=O)O)c(C)c2c1OC(C)(C)C2.Cl. The van der Waals surface area contributed by atoms with Gasteiger partial charge in [-0.25, -0.2) is 8.42 Å². The summed E-state index contributed by atoms with van der Waals surface area (Å²) in [5.41, 5.74) is 12.8. The molecule has 0 unspecified atom stereocenters. The second-order valence-corrected chi connectivity index (χ2v) is 9.66. The molecule has 0 spiro atoms. The first-order chi connectivity index (χ1) is 13.3. The number of sulfonamides is 1. The van der Waals surface area contributed by atoms with E-state index in [0.717, 1.165) is 16.9 Å². The third kappa shape index (κ3) is 5.55. The Hall–Kier alpha value is -2.04. The summed E-state index contributed by atoms with van der Waals surface area (Å²) in [7, 11) is -4.07. The molecule has 9 nitrogen and oxygen atoms in total. The number of carboxylic acid groups (broad SMARTS) is 1. The van der Waals surface area contributed by atoms with Crippen molar-refractivity contribution >= 4 is 34.4 Å². The normalized spacial score (nSPS) is 15.5. The molecule has 0 aromatic heterocycles. The summed E-state index contributed by atoms with van der Waals surface area (Å²) in [4.78, 5) is 15.5. The van der Waals surface area contributed by atoms with Crippen molar-refractivity contribution in [2.75, 3.05) is 6.54 Å². The number of guanidine groups is 1. The molecule has 1 aliphatic heterocycles. The molecule has 1 atom stereocenters. The number of aliphatic imine (C=N–C) groups is 1. The first kappa shape index (κ1) is 26.0. The number of nitrogens with two attached hydrogens (primary N) is 2. The zero-order valence-electron chi connectivity index (χ0n) is 17.9. The van der Waals surface area contributed by atoms with Crippen LogP contribution in [0, 0.1) is 20.8 Å². The van der Waals surface area contributed by atoms with Gasteiger partial charge in [-0.05, 0) is 64.2 Å². The van der Waals surface area contributed by atoms with Crippen molar-refractivity contribution in [2.45, 2.75) is 70.4 Å². The van der Waals surface area contributed by atoms with E-state index in [2.05, 4.69) is 9.71 Å². The van der Waals surface area contributed by atoms with Crippen LogP contribution in [0.4, 0.5) is 0 Å². The highest BCUT2D eigenvalue weighted by atomic mass is 35.5. The molecule has 0 fully saturated rings. The number of nitrogens with zero attached hydrogens (tertiary/aromatic N) is 1. The molecule has 1 aliphatic rings. The van der Waals surface area contributed by atoms with Crippen molar-refractivity contribution in [3.63, 3.8) is 0 Å². The van der Waals surface area contributed by atoms with E-state index in [9.17, 15) is 18.3 Å². The summed E-state index contributed by atoms with van der Waals surface area (Å²) < 4.78 is 34.7. The summed E-state index contributed by atoms with van der Waals surface area (Å²) in [6.45, 7) is 9.38. The quantitative estimate of drug-likeness (QED) is 0.259. The van der Waals surface area contributed by atoms with Crippen LogP contribution in [0.2, 0.25) is 0 Å². The van der Waals surface area contributed by atoms with E-state index in [1.165, 1.54) is 0 Å². The van der Waals surface area contributed by atoms with Crippen molar-refractivity contribution < 1.29 is 23.1 Å². The van der Waals surface area contributed by atoms with Gasteiger partial charge in [-0.15, -0.1) is 12.4 Å². The second-order valence-electron chi connectivity index (χ2n) is 8.01. The minimum absolute atomic E-state index is 0. The fraction of sp³-hybridized carbons (Fsp3) is 0.579. The number of aliphatic carboxylic acids is 1. The number of nitrogens with one attached hydrogen (secondary N) is 1. The summed E-state index contributed by atoms with van der Waals surface area (Å²) in [6, 6.07) is -1.28. The van der Waals surface area contributed by atoms with Crippen LogP contribution in [-0.4, -0.2) is 43.6 Å². The van der Waals surface area contributed by atoms with Crippen molar-refractivity contribution in [3.8, 4) is 5.75 Å². The molecule has 0 aliphatic carbocycles. The topological polar surface area (TPSA) is 157 Å². The first-order valence-corrected chi connectivity index (χ1v) is 10.9. The monoisotopic (exact) mass is 462 g/mol. The lowest BCUT2D eigenvalue weighted by Gasteiger charge is -2.20. The van der Waals surface area contributed by atoms with Gasteiger partial charge in [0.05, 0.1) is 4.90 Å².